The molecular formula is C16H21N3O2. The lowest BCUT2D eigenvalue weighted by molar-refractivity contribution is -0.0738. The van der Waals surface area contributed by atoms with Gasteiger partial charge in [-0.25, -0.2) is 4.79 Å². The molecule has 0 spiro atoms. The number of aryl methyl sites for hydroxylation is 2. The smallest absolute Gasteiger partial charge is 0.339 e. The molecule has 1 heterocycles. The number of carbonyl (C=O) groups excluding carboxylic acids is 1. The highest BCUT2D eigenvalue weighted by Gasteiger charge is 2.18. The lowest BCUT2D eigenvalue weighted by Gasteiger charge is -2.22. The number of hydroxylamine groups is 2. The molecule has 2 N–H and O–H groups in total. The van der Waals surface area contributed by atoms with Crippen LogP contribution < -0.4 is 5.32 Å². The van der Waals surface area contributed by atoms with Gasteiger partial charge in [-0.2, -0.15) is 5.06 Å². The molecule has 0 aliphatic carbocycles. The largest absolute Gasteiger partial charge is 0.341 e. The van der Waals surface area contributed by atoms with Gasteiger partial charge in [0.2, 0.25) is 0 Å². The predicted molar refractivity (Wildman–Crippen MR) is 81.7 cm³/mol. The van der Waals surface area contributed by atoms with E-state index in [0.717, 1.165) is 11.3 Å². The van der Waals surface area contributed by atoms with Gasteiger partial charge in [0.25, 0.3) is 0 Å². The Balaban J connectivity index is 2.25. The monoisotopic (exact) mass is 287 g/mol. The minimum atomic E-state index is -0.524. The fraction of sp³-hybridized carbons (Fsp3) is 0.312. The fourth-order valence-corrected chi connectivity index (χ4v) is 2.41. The number of amides is 2. The van der Waals surface area contributed by atoms with Crippen LogP contribution in [0.3, 0.4) is 0 Å². The second-order valence-corrected chi connectivity index (χ2v) is 5.12. The van der Waals surface area contributed by atoms with Crippen LogP contribution in [0.25, 0.3) is 5.69 Å². The maximum atomic E-state index is 11.4. The molecule has 0 bridgehead atoms. The van der Waals surface area contributed by atoms with Crippen LogP contribution in [-0.4, -0.2) is 27.9 Å². The highest BCUT2D eigenvalue weighted by molar-refractivity contribution is 5.72. The molecule has 0 aliphatic heterocycles. The first-order valence-corrected chi connectivity index (χ1v) is 6.90. The third-order valence-electron chi connectivity index (χ3n) is 3.69. The predicted octanol–water partition coefficient (Wildman–Crippen LogP) is 3.19. The molecule has 1 unspecified atom stereocenters. The number of rotatable bonds is 3. The zero-order valence-electron chi connectivity index (χ0n) is 12.8. The second-order valence-electron chi connectivity index (χ2n) is 5.12. The normalized spacial score (nSPS) is 12.0. The van der Waals surface area contributed by atoms with E-state index in [4.69, 9.17) is 0 Å². The molecule has 5 heteroatoms. The van der Waals surface area contributed by atoms with Crippen molar-refractivity contribution in [3.05, 3.63) is 53.3 Å². The van der Waals surface area contributed by atoms with Crippen molar-refractivity contribution in [2.24, 2.45) is 0 Å². The Bertz CT molecular complexity index is 612. The summed E-state index contributed by atoms with van der Waals surface area (Å²) in [5.41, 5.74) is 4.27. The summed E-state index contributed by atoms with van der Waals surface area (Å²) in [6, 6.07) is 11.0. The van der Waals surface area contributed by atoms with Crippen molar-refractivity contribution < 1.29 is 10.0 Å². The number of hydrogen-bond donors (Lipinski definition) is 2. The van der Waals surface area contributed by atoms with E-state index < -0.39 is 12.1 Å². The van der Waals surface area contributed by atoms with Crippen LogP contribution in [0.15, 0.2) is 36.4 Å². The van der Waals surface area contributed by atoms with Gasteiger partial charge >= 0.3 is 6.03 Å². The average Bonchev–Trinajstić information content (AvgIpc) is 2.84. The van der Waals surface area contributed by atoms with Crippen LogP contribution in [0.1, 0.15) is 29.9 Å². The number of nitrogens with zero attached hydrogens (tertiary/aromatic N) is 2. The van der Waals surface area contributed by atoms with Gasteiger partial charge in [-0.1, -0.05) is 12.1 Å². The molecule has 1 atom stereocenters. The van der Waals surface area contributed by atoms with Crippen molar-refractivity contribution >= 4 is 6.03 Å². The average molecular weight is 287 g/mol. The van der Waals surface area contributed by atoms with Gasteiger partial charge in [-0.15, -0.1) is 0 Å². The van der Waals surface area contributed by atoms with Gasteiger partial charge in [0.15, 0.2) is 0 Å². The highest BCUT2D eigenvalue weighted by atomic mass is 16.5. The summed E-state index contributed by atoms with van der Waals surface area (Å²) in [5, 5.41) is 12.9. The molecule has 2 aromatic rings. The van der Waals surface area contributed by atoms with Gasteiger partial charge in [0, 0.05) is 24.1 Å². The molecule has 0 radical (unpaired) electrons. The van der Waals surface area contributed by atoms with Crippen molar-refractivity contribution in [3.63, 3.8) is 0 Å². The number of aromatic nitrogens is 1. The van der Waals surface area contributed by atoms with E-state index in [-0.39, 0.29) is 0 Å². The summed E-state index contributed by atoms with van der Waals surface area (Å²) in [7, 11) is 1.49. The Morgan fingerprint density at radius 2 is 1.67 bits per heavy atom. The van der Waals surface area contributed by atoms with Crippen molar-refractivity contribution in [1.82, 2.24) is 14.9 Å². The second kappa shape index (κ2) is 6.01. The van der Waals surface area contributed by atoms with Crippen LogP contribution in [-0.2, 0) is 0 Å². The summed E-state index contributed by atoms with van der Waals surface area (Å²) < 4.78 is 2.16. The maximum Gasteiger partial charge on any atom is 0.341 e. The first-order chi connectivity index (χ1) is 9.95. The van der Waals surface area contributed by atoms with Crippen LogP contribution in [0.2, 0.25) is 0 Å². The summed E-state index contributed by atoms with van der Waals surface area (Å²) in [4.78, 5) is 11.4. The Labute approximate surface area is 124 Å². The van der Waals surface area contributed by atoms with Gasteiger partial charge in [0.05, 0.1) is 6.04 Å². The van der Waals surface area contributed by atoms with Crippen LogP contribution in [0, 0.1) is 13.8 Å². The van der Waals surface area contributed by atoms with Crippen LogP contribution in [0.4, 0.5) is 4.79 Å². The Morgan fingerprint density at radius 1 is 1.14 bits per heavy atom. The van der Waals surface area contributed by atoms with Crippen LogP contribution >= 0.6 is 0 Å². The Kier molecular flexibility index (Phi) is 4.33. The first kappa shape index (κ1) is 15.1. The topological polar surface area (TPSA) is 57.5 Å². The van der Waals surface area contributed by atoms with Crippen molar-refractivity contribution in [1.29, 1.82) is 0 Å². The lowest BCUT2D eigenvalue weighted by atomic mass is 10.1. The minimum Gasteiger partial charge on any atom is -0.339 e. The van der Waals surface area contributed by atoms with E-state index in [1.807, 2.05) is 24.3 Å². The van der Waals surface area contributed by atoms with Crippen molar-refractivity contribution in [2.45, 2.75) is 26.8 Å². The first-order valence-electron chi connectivity index (χ1n) is 6.90. The molecule has 2 amide bonds. The lowest BCUT2D eigenvalue weighted by Crippen LogP contribution is -2.37. The summed E-state index contributed by atoms with van der Waals surface area (Å²) in [6.07, 6.45) is 0. The molecule has 0 fully saturated rings. The molecule has 112 valence electrons. The van der Waals surface area contributed by atoms with E-state index in [9.17, 15) is 10.0 Å². The Morgan fingerprint density at radius 3 is 2.14 bits per heavy atom. The van der Waals surface area contributed by atoms with Crippen molar-refractivity contribution in [3.8, 4) is 5.69 Å². The summed E-state index contributed by atoms with van der Waals surface area (Å²) >= 11 is 0. The fourth-order valence-electron chi connectivity index (χ4n) is 2.41. The maximum absolute atomic E-state index is 11.4. The van der Waals surface area contributed by atoms with E-state index in [1.54, 1.807) is 6.92 Å². The van der Waals surface area contributed by atoms with E-state index in [2.05, 4.69) is 35.9 Å². The third kappa shape index (κ3) is 2.92. The van der Waals surface area contributed by atoms with Gasteiger partial charge < -0.3 is 9.88 Å². The molecule has 1 aromatic heterocycles. The number of hydrogen-bond acceptors (Lipinski definition) is 2. The Hall–Kier alpha value is -2.27. The number of carbonyl (C=O) groups is 1. The molecule has 0 saturated carbocycles. The number of urea groups is 1. The zero-order chi connectivity index (χ0) is 15.6. The third-order valence-corrected chi connectivity index (χ3v) is 3.69. The quantitative estimate of drug-likeness (QED) is 0.673. The van der Waals surface area contributed by atoms with E-state index in [1.165, 1.54) is 18.4 Å². The van der Waals surface area contributed by atoms with Gasteiger partial charge in [-0.3, -0.25) is 5.21 Å². The molecule has 1 aromatic carbocycles. The van der Waals surface area contributed by atoms with Crippen molar-refractivity contribution in [2.75, 3.05) is 7.05 Å². The van der Waals surface area contributed by atoms with Crippen LogP contribution in [0.5, 0.6) is 0 Å². The van der Waals surface area contributed by atoms with E-state index in [0.29, 0.717) is 5.06 Å². The SMILES string of the molecule is CNC(=O)N(O)C(C)c1ccc(-n2c(C)ccc2C)cc1. The standard InChI is InChI=1S/C16H21N3O2/c1-11-5-6-12(2)18(11)15-9-7-14(8-10-15)13(3)19(21)16(20)17-4/h5-10,13,21H,1-4H3,(H,17,20). The summed E-state index contributed by atoms with van der Waals surface area (Å²) in [5.74, 6) is 0. The van der Waals surface area contributed by atoms with Gasteiger partial charge in [-0.05, 0) is 50.6 Å². The number of benzene rings is 1. The molecule has 21 heavy (non-hydrogen) atoms. The highest BCUT2D eigenvalue weighted by Crippen LogP contribution is 2.22. The van der Waals surface area contributed by atoms with Gasteiger partial charge in [0.1, 0.15) is 0 Å². The minimum absolute atomic E-state index is 0.411. The van der Waals surface area contributed by atoms with E-state index >= 15 is 0 Å². The summed E-state index contributed by atoms with van der Waals surface area (Å²) in [6.45, 7) is 5.89. The molecular weight excluding hydrogens is 266 g/mol. The zero-order valence-corrected chi connectivity index (χ0v) is 12.8. The molecule has 5 nitrogen and oxygen atoms in total. The number of nitrogens with one attached hydrogen (secondary N) is 1. The molecule has 0 saturated heterocycles. The molecule has 0 aliphatic rings. The molecule has 2 rings (SSSR count).